The molecule has 9 nitrogen and oxygen atoms in total. The number of hydrogen-bond donors (Lipinski definition) is 6. The lowest BCUT2D eigenvalue weighted by atomic mass is 9.99. The van der Waals surface area contributed by atoms with E-state index >= 15 is 0 Å². The third kappa shape index (κ3) is 21.5. The van der Waals surface area contributed by atoms with Gasteiger partial charge in [-0.3, -0.25) is 4.79 Å². The van der Waals surface area contributed by atoms with Crippen LogP contribution in [0.4, 0.5) is 0 Å². The van der Waals surface area contributed by atoms with Gasteiger partial charge in [0.05, 0.1) is 25.4 Å². The number of rotatable bonds is 30. The standard InChI is InChI=1S/C39H71NO8/c1-3-5-7-9-11-13-15-17-19-21-23-25-27-29-35(43)40-32(31-47-39-38(46)37(45)36(44)34(30-41)48-39)33(42)28-26-24-22-20-18-16-14-12-10-8-6-4-2/h17-20,26,28,32-34,36-39,41-42,44-46H,3-16,21-25,27,29-31H2,1-2H3,(H,40,43)/b19-17-,20-18+,28-26+. The molecule has 1 rings (SSSR count). The Hall–Kier alpha value is -1.59. The van der Waals surface area contributed by atoms with Crippen molar-refractivity contribution in [2.24, 2.45) is 0 Å². The second kappa shape index (κ2) is 30.3. The van der Waals surface area contributed by atoms with Crippen molar-refractivity contribution < 1.29 is 39.8 Å². The Kier molecular flexibility index (Phi) is 28.0. The van der Waals surface area contributed by atoms with Crippen molar-refractivity contribution in [3.63, 3.8) is 0 Å². The summed E-state index contributed by atoms with van der Waals surface area (Å²) < 4.78 is 11.1. The average molecular weight is 682 g/mol. The molecule has 0 aromatic rings. The minimum atomic E-state index is -1.57. The van der Waals surface area contributed by atoms with Crippen LogP contribution < -0.4 is 5.32 Å². The van der Waals surface area contributed by atoms with E-state index in [2.05, 4.69) is 43.5 Å². The van der Waals surface area contributed by atoms with Crippen molar-refractivity contribution in [3.05, 3.63) is 36.5 Å². The summed E-state index contributed by atoms with van der Waals surface area (Å²) in [7, 11) is 0. The smallest absolute Gasteiger partial charge is 0.220 e. The van der Waals surface area contributed by atoms with Gasteiger partial charge < -0.3 is 40.3 Å². The molecule has 9 heteroatoms. The molecule has 0 aromatic carbocycles. The molecule has 1 aliphatic heterocycles. The van der Waals surface area contributed by atoms with E-state index in [4.69, 9.17) is 9.47 Å². The first-order valence-corrected chi connectivity index (χ1v) is 19.2. The highest BCUT2D eigenvalue weighted by molar-refractivity contribution is 5.76. The fourth-order valence-corrected chi connectivity index (χ4v) is 5.75. The predicted molar refractivity (Wildman–Crippen MR) is 193 cm³/mol. The number of aliphatic hydroxyl groups is 5. The summed E-state index contributed by atoms with van der Waals surface area (Å²) >= 11 is 0. The quantitative estimate of drug-likeness (QED) is 0.0370. The molecule has 0 aromatic heterocycles. The summed E-state index contributed by atoms with van der Waals surface area (Å²) in [5.74, 6) is -0.207. The van der Waals surface area contributed by atoms with Crippen LogP contribution in [-0.2, 0) is 14.3 Å². The van der Waals surface area contributed by atoms with Gasteiger partial charge in [-0.1, -0.05) is 121 Å². The Balaban J connectivity index is 2.51. The Morgan fingerprint density at radius 3 is 1.75 bits per heavy atom. The number of aliphatic hydroxyl groups excluding tert-OH is 5. The number of allylic oxidation sites excluding steroid dienone is 5. The predicted octanol–water partition coefficient (Wildman–Crippen LogP) is 6.55. The van der Waals surface area contributed by atoms with E-state index in [-0.39, 0.29) is 12.5 Å². The van der Waals surface area contributed by atoms with Crippen LogP contribution in [0.15, 0.2) is 36.5 Å². The second-order valence-electron chi connectivity index (χ2n) is 13.4. The van der Waals surface area contributed by atoms with Crippen molar-refractivity contribution in [2.45, 2.75) is 192 Å². The maximum Gasteiger partial charge on any atom is 0.220 e. The van der Waals surface area contributed by atoms with E-state index in [1.165, 1.54) is 77.0 Å². The SMILES string of the molecule is CCCCCCCC/C=C\CCCCCC(=O)NC(COC1OC(CO)C(O)C(O)C1O)C(O)/C=C/CC/C=C/CCCCCCCC. The largest absolute Gasteiger partial charge is 0.394 e. The molecule has 280 valence electrons. The number of amides is 1. The van der Waals surface area contributed by atoms with Gasteiger partial charge in [0.15, 0.2) is 6.29 Å². The molecule has 7 unspecified atom stereocenters. The normalized spacial score (nSPS) is 23.0. The molecule has 1 aliphatic rings. The van der Waals surface area contributed by atoms with Crippen LogP contribution in [-0.4, -0.2) is 87.5 Å². The zero-order chi connectivity index (χ0) is 35.2. The van der Waals surface area contributed by atoms with Crippen LogP contribution in [0.5, 0.6) is 0 Å². The van der Waals surface area contributed by atoms with Gasteiger partial charge in [0.2, 0.25) is 5.91 Å². The zero-order valence-electron chi connectivity index (χ0n) is 30.2. The second-order valence-corrected chi connectivity index (χ2v) is 13.4. The molecule has 1 heterocycles. The first-order valence-electron chi connectivity index (χ1n) is 19.2. The third-order valence-corrected chi connectivity index (χ3v) is 8.94. The molecule has 0 radical (unpaired) electrons. The molecule has 0 spiro atoms. The van der Waals surface area contributed by atoms with Gasteiger partial charge in [0.25, 0.3) is 0 Å². The van der Waals surface area contributed by atoms with Crippen molar-refractivity contribution in [2.75, 3.05) is 13.2 Å². The lowest BCUT2D eigenvalue weighted by molar-refractivity contribution is -0.302. The first kappa shape index (κ1) is 44.4. The fourth-order valence-electron chi connectivity index (χ4n) is 5.75. The Morgan fingerprint density at radius 2 is 1.19 bits per heavy atom. The van der Waals surface area contributed by atoms with Gasteiger partial charge >= 0.3 is 0 Å². The number of nitrogens with one attached hydrogen (secondary N) is 1. The van der Waals surface area contributed by atoms with Gasteiger partial charge in [-0.15, -0.1) is 0 Å². The number of carbonyl (C=O) groups excluding carboxylic acids is 1. The first-order chi connectivity index (χ1) is 23.3. The Labute approximate surface area is 291 Å². The third-order valence-electron chi connectivity index (χ3n) is 8.94. The summed E-state index contributed by atoms with van der Waals surface area (Å²) in [4.78, 5) is 12.8. The fraction of sp³-hybridized carbons (Fsp3) is 0.821. The number of unbranched alkanes of at least 4 members (excludes halogenated alkanes) is 16. The van der Waals surface area contributed by atoms with Crippen molar-refractivity contribution in [1.82, 2.24) is 5.32 Å². The van der Waals surface area contributed by atoms with E-state index in [9.17, 15) is 30.3 Å². The molecule has 7 atom stereocenters. The minimum absolute atomic E-state index is 0.207. The highest BCUT2D eigenvalue weighted by Crippen LogP contribution is 2.22. The molecule has 1 fully saturated rings. The molecule has 1 saturated heterocycles. The summed E-state index contributed by atoms with van der Waals surface area (Å²) in [6.07, 6.45) is 27.6. The summed E-state index contributed by atoms with van der Waals surface area (Å²) in [6, 6.07) is -0.825. The molecular weight excluding hydrogens is 610 g/mol. The maximum absolute atomic E-state index is 12.8. The van der Waals surface area contributed by atoms with Gasteiger partial charge in [-0.25, -0.2) is 0 Å². The molecule has 1 amide bonds. The molecule has 48 heavy (non-hydrogen) atoms. The van der Waals surface area contributed by atoms with E-state index in [0.717, 1.165) is 51.4 Å². The van der Waals surface area contributed by atoms with Crippen LogP contribution in [0, 0.1) is 0 Å². The van der Waals surface area contributed by atoms with E-state index in [0.29, 0.717) is 6.42 Å². The van der Waals surface area contributed by atoms with E-state index in [1.54, 1.807) is 6.08 Å². The topological polar surface area (TPSA) is 149 Å². The van der Waals surface area contributed by atoms with Crippen LogP contribution in [0.25, 0.3) is 0 Å². The van der Waals surface area contributed by atoms with Crippen LogP contribution >= 0.6 is 0 Å². The van der Waals surface area contributed by atoms with Crippen molar-refractivity contribution in [3.8, 4) is 0 Å². The Bertz CT molecular complexity index is 848. The summed E-state index contributed by atoms with van der Waals surface area (Å²) in [5, 5.41) is 53.8. The van der Waals surface area contributed by atoms with Crippen LogP contribution in [0.3, 0.4) is 0 Å². The minimum Gasteiger partial charge on any atom is -0.394 e. The van der Waals surface area contributed by atoms with Gasteiger partial charge in [0, 0.05) is 6.42 Å². The van der Waals surface area contributed by atoms with Crippen LogP contribution in [0.2, 0.25) is 0 Å². The zero-order valence-corrected chi connectivity index (χ0v) is 30.2. The number of ether oxygens (including phenoxy) is 2. The number of carbonyl (C=O) groups is 1. The van der Waals surface area contributed by atoms with Gasteiger partial charge in [0.1, 0.15) is 24.4 Å². The molecule has 0 saturated carbocycles. The van der Waals surface area contributed by atoms with Crippen molar-refractivity contribution >= 4 is 5.91 Å². The lowest BCUT2D eigenvalue weighted by Gasteiger charge is -2.40. The summed E-state index contributed by atoms with van der Waals surface area (Å²) in [6.45, 7) is 3.68. The van der Waals surface area contributed by atoms with Crippen molar-refractivity contribution in [1.29, 1.82) is 0 Å². The summed E-state index contributed by atoms with van der Waals surface area (Å²) in [5.41, 5.74) is 0. The average Bonchev–Trinajstić information content (AvgIpc) is 3.08. The molecule has 6 N–H and O–H groups in total. The maximum atomic E-state index is 12.8. The van der Waals surface area contributed by atoms with Crippen LogP contribution in [0.1, 0.15) is 149 Å². The highest BCUT2D eigenvalue weighted by atomic mass is 16.7. The van der Waals surface area contributed by atoms with Gasteiger partial charge in [-0.2, -0.15) is 0 Å². The molecule has 0 bridgehead atoms. The lowest BCUT2D eigenvalue weighted by Crippen LogP contribution is -2.60. The van der Waals surface area contributed by atoms with E-state index < -0.39 is 49.5 Å². The molecule has 0 aliphatic carbocycles. The van der Waals surface area contributed by atoms with Gasteiger partial charge in [-0.05, 0) is 57.8 Å². The monoisotopic (exact) mass is 682 g/mol. The molecular formula is C39H71NO8. The number of hydrogen-bond acceptors (Lipinski definition) is 8. The van der Waals surface area contributed by atoms with E-state index in [1.807, 2.05) is 6.08 Å². The Morgan fingerprint density at radius 1 is 0.688 bits per heavy atom. The highest BCUT2D eigenvalue weighted by Gasteiger charge is 2.44.